The van der Waals surface area contributed by atoms with Crippen LogP contribution in [0.25, 0.3) is 0 Å². The predicted octanol–water partition coefficient (Wildman–Crippen LogP) is 0.609. The zero-order valence-electron chi connectivity index (χ0n) is 7.05. The first-order valence-corrected chi connectivity index (χ1v) is 4.46. The molecule has 5 heteroatoms. The second-order valence-electron chi connectivity index (χ2n) is 2.35. The highest BCUT2D eigenvalue weighted by molar-refractivity contribution is 7.14. The summed E-state index contributed by atoms with van der Waals surface area (Å²) >= 11 is 1.43. The van der Waals surface area contributed by atoms with E-state index in [1.54, 1.807) is 12.6 Å². The number of thiazole rings is 1. The lowest BCUT2D eigenvalue weighted by Crippen LogP contribution is -2.24. The highest BCUT2D eigenvalue weighted by Gasteiger charge is 2.04. The number of carbonyl (C=O) groups is 1. The number of aryl methyl sites for hydroxylation is 1. The fraction of sp³-hybridized carbons (Fsp3) is 0.429. The Morgan fingerprint density at radius 2 is 2.50 bits per heavy atom. The van der Waals surface area contributed by atoms with E-state index in [0.29, 0.717) is 6.54 Å². The number of nitrogens with one attached hydrogen (secondary N) is 2. The molecule has 4 nitrogen and oxygen atoms in total. The first-order chi connectivity index (χ1) is 5.74. The summed E-state index contributed by atoms with van der Waals surface area (Å²) in [5, 5.41) is 6.35. The largest absolute Gasteiger partial charge is 0.315 e. The van der Waals surface area contributed by atoms with Gasteiger partial charge in [-0.05, 0) is 14.0 Å². The first-order valence-electron chi connectivity index (χ1n) is 3.58. The predicted molar refractivity (Wildman–Crippen MR) is 49.4 cm³/mol. The third-order valence-electron chi connectivity index (χ3n) is 1.34. The number of hydrogen-bond acceptors (Lipinski definition) is 4. The molecule has 0 spiro atoms. The van der Waals surface area contributed by atoms with Gasteiger partial charge in [-0.2, -0.15) is 0 Å². The molecule has 0 aliphatic rings. The monoisotopic (exact) mass is 185 g/mol. The van der Waals surface area contributed by atoms with Crippen molar-refractivity contribution in [2.45, 2.75) is 6.92 Å². The molecule has 0 saturated carbocycles. The summed E-state index contributed by atoms with van der Waals surface area (Å²) in [6.07, 6.45) is 0. The summed E-state index contributed by atoms with van der Waals surface area (Å²) in [7, 11) is 1.74. The van der Waals surface area contributed by atoms with Gasteiger partial charge in [-0.25, -0.2) is 4.98 Å². The maximum absolute atomic E-state index is 11.1. The van der Waals surface area contributed by atoms with Crippen LogP contribution in [0.15, 0.2) is 5.51 Å². The smallest absolute Gasteiger partial charge is 0.238 e. The van der Waals surface area contributed by atoms with Gasteiger partial charge in [-0.3, -0.25) is 4.79 Å². The molecule has 66 valence electrons. The number of aromatic nitrogens is 1. The van der Waals surface area contributed by atoms with Crippen molar-refractivity contribution in [1.29, 1.82) is 0 Å². The van der Waals surface area contributed by atoms with Gasteiger partial charge in [0.2, 0.25) is 5.91 Å². The molecule has 0 aromatic carbocycles. The molecule has 0 atom stereocenters. The Balaban J connectivity index is 2.52. The SMILES string of the molecule is CNCC(=O)Nc1scnc1C. The Hall–Kier alpha value is -0.940. The minimum atomic E-state index is -0.0372. The van der Waals surface area contributed by atoms with Gasteiger partial charge in [-0.1, -0.05) is 0 Å². The van der Waals surface area contributed by atoms with Crippen LogP contribution < -0.4 is 10.6 Å². The van der Waals surface area contributed by atoms with Crippen molar-refractivity contribution in [3.8, 4) is 0 Å². The Bertz CT molecular complexity index is 271. The lowest BCUT2D eigenvalue weighted by molar-refractivity contribution is -0.115. The van der Waals surface area contributed by atoms with Crippen LogP contribution in [0.3, 0.4) is 0 Å². The topological polar surface area (TPSA) is 54.0 Å². The summed E-state index contributed by atoms with van der Waals surface area (Å²) in [4.78, 5) is 15.1. The van der Waals surface area contributed by atoms with E-state index < -0.39 is 0 Å². The van der Waals surface area contributed by atoms with Crippen molar-refractivity contribution in [1.82, 2.24) is 10.3 Å². The molecule has 2 N–H and O–H groups in total. The van der Waals surface area contributed by atoms with Crippen LogP contribution in [0.2, 0.25) is 0 Å². The van der Waals surface area contributed by atoms with Crippen LogP contribution in [0.5, 0.6) is 0 Å². The molecule has 0 bridgehead atoms. The number of likely N-dealkylation sites (N-methyl/N-ethyl adjacent to an activating group) is 1. The van der Waals surface area contributed by atoms with E-state index in [2.05, 4.69) is 15.6 Å². The lowest BCUT2D eigenvalue weighted by Gasteiger charge is -2.01. The maximum atomic E-state index is 11.1. The van der Waals surface area contributed by atoms with Crippen LogP contribution in [0.4, 0.5) is 5.00 Å². The van der Waals surface area contributed by atoms with Crippen LogP contribution in [-0.4, -0.2) is 24.5 Å². The van der Waals surface area contributed by atoms with Crippen LogP contribution >= 0.6 is 11.3 Å². The second kappa shape index (κ2) is 4.18. The normalized spacial score (nSPS) is 9.83. The average molecular weight is 185 g/mol. The molecule has 0 aliphatic carbocycles. The summed E-state index contributed by atoms with van der Waals surface area (Å²) in [5.41, 5.74) is 2.58. The molecule has 0 aliphatic heterocycles. The molecule has 1 rings (SSSR count). The fourth-order valence-corrected chi connectivity index (χ4v) is 1.47. The van der Waals surface area contributed by atoms with Gasteiger partial charge < -0.3 is 10.6 Å². The Kier molecular flexibility index (Phi) is 3.19. The molecule has 0 fully saturated rings. The summed E-state index contributed by atoms with van der Waals surface area (Å²) in [6, 6.07) is 0. The first kappa shape index (κ1) is 9.15. The number of hydrogen-bond donors (Lipinski definition) is 2. The summed E-state index contributed by atoms with van der Waals surface area (Å²) < 4.78 is 0. The standard InChI is InChI=1S/C7H11N3OS/c1-5-7(12-4-9-5)10-6(11)3-8-2/h4,8H,3H2,1-2H3,(H,10,11). The zero-order valence-corrected chi connectivity index (χ0v) is 7.86. The average Bonchev–Trinajstić information content (AvgIpc) is 2.37. The van der Waals surface area contributed by atoms with Gasteiger partial charge in [0.05, 0.1) is 17.7 Å². The summed E-state index contributed by atoms with van der Waals surface area (Å²) in [6.45, 7) is 2.20. The molecular formula is C7H11N3OS. The molecule has 0 saturated heterocycles. The van der Waals surface area contributed by atoms with E-state index in [0.717, 1.165) is 10.7 Å². The molecule has 1 heterocycles. The zero-order chi connectivity index (χ0) is 8.97. The number of anilines is 1. The molecule has 1 amide bonds. The molecular weight excluding hydrogens is 174 g/mol. The fourth-order valence-electron chi connectivity index (χ4n) is 0.753. The van der Waals surface area contributed by atoms with E-state index in [-0.39, 0.29) is 5.91 Å². The number of rotatable bonds is 3. The molecule has 0 unspecified atom stereocenters. The molecule has 1 aromatic heterocycles. The van der Waals surface area contributed by atoms with Gasteiger partial charge in [0, 0.05) is 0 Å². The number of nitrogens with zero attached hydrogens (tertiary/aromatic N) is 1. The van der Waals surface area contributed by atoms with E-state index in [1.807, 2.05) is 6.92 Å². The molecule has 0 radical (unpaired) electrons. The van der Waals surface area contributed by atoms with Crippen molar-refractivity contribution >= 4 is 22.2 Å². The van der Waals surface area contributed by atoms with Gasteiger partial charge in [0.1, 0.15) is 5.00 Å². The van der Waals surface area contributed by atoms with Crippen molar-refractivity contribution in [3.63, 3.8) is 0 Å². The van der Waals surface area contributed by atoms with Gasteiger partial charge >= 0.3 is 0 Å². The number of amides is 1. The number of carbonyl (C=O) groups excluding carboxylic acids is 1. The van der Waals surface area contributed by atoms with Gasteiger partial charge in [0.15, 0.2) is 0 Å². The van der Waals surface area contributed by atoms with Crippen LogP contribution in [-0.2, 0) is 4.79 Å². The van der Waals surface area contributed by atoms with E-state index in [4.69, 9.17) is 0 Å². The van der Waals surface area contributed by atoms with E-state index >= 15 is 0 Å². The third kappa shape index (κ3) is 2.28. The van der Waals surface area contributed by atoms with Crippen LogP contribution in [0, 0.1) is 6.92 Å². The second-order valence-corrected chi connectivity index (χ2v) is 3.20. The quantitative estimate of drug-likeness (QED) is 0.725. The van der Waals surface area contributed by atoms with Crippen LogP contribution in [0.1, 0.15) is 5.69 Å². The lowest BCUT2D eigenvalue weighted by atomic mass is 10.5. The highest BCUT2D eigenvalue weighted by atomic mass is 32.1. The van der Waals surface area contributed by atoms with Crippen molar-refractivity contribution < 1.29 is 4.79 Å². The molecule has 1 aromatic rings. The third-order valence-corrected chi connectivity index (χ3v) is 2.18. The Labute approximate surface area is 75.0 Å². The van der Waals surface area contributed by atoms with Crippen molar-refractivity contribution in [3.05, 3.63) is 11.2 Å². The highest BCUT2D eigenvalue weighted by Crippen LogP contribution is 2.18. The minimum Gasteiger partial charge on any atom is -0.315 e. The van der Waals surface area contributed by atoms with E-state index in [1.165, 1.54) is 11.3 Å². The molecule has 12 heavy (non-hydrogen) atoms. The summed E-state index contributed by atoms with van der Waals surface area (Å²) in [5.74, 6) is -0.0372. The van der Waals surface area contributed by atoms with Gasteiger partial charge in [-0.15, -0.1) is 11.3 Å². The van der Waals surface area contributed by atoms with Crippen molar-refractivity contribution in [2.24, 2.45) is 0 Å². The Morgan fingerprint density at radius 1 is 1.75 bits per heavy atom. The van der Waals surface area contributed by atoms with Crippen molar-refractivity contribution in [2.75, 3.05) is 18.9 Å². The van der Waals surface area contributed by atoms with E-state index in [9.17, 15) is 4.79 Å². The maximum Gasteiger partial charge on any atom is 0.238 e. The minimum absolute atomic E-state index is 0.0372. The van der Waals surface area contributed by atoms with Gasteiger partial charge in [0.25, 0.3) is 0 Å². The Morgan fingerprint density at radius 3 is 3.00 bits per heavy atom.